The van der Waals surface area contributed by atoms with E-state index in [1.54, 1.807) is 17.5 Å². The topological polar surface area (TPSA) is 37.8 Å². The van der Waals surface area contributed by atoms with Gasteiger partial charge in [-0.2, -0.15) is 0 Å². The van der Waals surface area contributed by atoms with Gasteiger partial charge in [0, 0.05) is 12.7 Å². The van der Waals surface area contributed by atoms with Crippen LogP contribution in [-0.2, 0) is 0 Å². The van der Waals surface area contributed by atoms with Gasteiger partial charge in [-0.25, -0.2) is 9.97 Å². The number of anilines is 1. The lowest BCUT2D eigenvalue weighted by Gasteiger charge is -2.04. The molecule has 0 amide bonds. The number of hydrogen-bond acceptors (Lipinski definition) is 4. The first-order valence-electron chi connectivity index (χ1n) is 5.12. The maximum atomic E-state index is 4.46. The van der Waals surface area contributed by atoms with Gasteiger partial charge >= 0.3 is 0 Å². The third-order valence-corrected chi connectivity index (χ3v) is 3.62. The minimum Gasteiger partial charge on any atom is -0.370 e. The van der Waals surface area contributed by atoms with Crippen molar-refractivity contribution in [2.45, 2.75) is 13.3 Å². The molecule has 2 heterocycles. The minimum absolute atomic E-state index is 0.775. The summed E-state index contributed by atoms with van der Waals surface area (Å²) >= 11 is 5.07. The average Bonchev–Trinajstić information content (AvgIpc) is 2.74. The zero-order chi connectivity index (χ0) is 11.4. The van der Waals surface area contributed by atoms with Gasteiger partial charge in [-0.3, -0.25) is 0 Å². The first kappa shape index (κ1) is 11.5. The van der Waals surface area contributed by atoms with Crippen molar-refractivity contribution < 1.29 is 0 Å². The molecule has 0 unspecified atom stereocenters. The van der Waals surface area contributed by atoms with Crippen molar-refractivity contribution >= 4 is 33.1 Å². The maximum Gasteiger partial charge on any atom is 0.171 e. The molecule has 0 aromatic carbocycles. The van der Waals surface area contributed by atoms with E-state index in [0.29, 0.717) is 0 Å². The maximum absolute atomic E-state index is 4.46. The summed E-state index contributed by atoms with van der Waals surface area (Å²) in [6, 6.07) is 5.92. The van der Waals surface area contributed by atoms with Crippen molar-refractivity contribution in [1.82, 2.24) is 9.97 Å². The number of halogens is 1. The van der Waals surface area contributed by atoms with Crippen LogP contribution >= 0.6 is 27.3 Å². The molecule has 0 fully saturated rings. The van der Waals surface area contributed by atoms with Crippen molar-refractivity contribution in [2.75, 3.05) is 11.9 Å². The SMILES string of the molecule is CCCNc1ccnc(-c2ccc(Br)s2)n1. The Kier molecular flexibility index (Phi) is 3.90. The summed E-state index contributed by atoms with van der Waals surface area (Å²) in [6.45, 7) is 3.07. The highest BCUT2D eigenvalue weighted by atomic mass is 79.9. The Morgan fingerprint density at radius 1 is 1.38 bits per heavy atom. The third-order valence-electron chi connectivity index (χ3n) is 2.01. The van der Waals surface area contributed by atoms with Crippen LogP contribution in [-0.4, -0.2) is 16.5 Å². The van der Waals surface area contributed by atoms with Gasteiger partial charge < -0.3 is 5.32 Å². The molecular weight excluding hydrogens is 286 g/mol. The highest BCUT2D eigenvalue weighted by Gasteiger charge is 2.04. The first-order chi connectivity index (χ1) is 7.79. The Balaban J connectivity index is 2.22. The number of rotatable bonds is 4. The number of hydrogen-bond donors (Lipinski definition) is 1. The van der Waals surface area contributed by atoms with Gasteiger partial charge in [-0.05, 0) is 40.5 Å². The fraction of sp³-hybridized carbons (Fsp3) is 0.273. The summed E-state index contributed by atoms with van der Waals surface area (Å²) in [4.78, 5) is 9.81. The van der Waals surface area contributed by atoms with Crippen molar-refractivity contribution in [3.63, 3.8) is 0 Å². The predicted molar refractivity (Wildman–Crippen MR) is 71.8 cm³/mol. The van der Waals surface area contributed by atoms with Crippen LogP contribution in [0.2, 0.25) is 0 Å². The van der Waals surface area contributed by atoms with Gasteiger partial charge in [0.15, 0.2) is 5.82 Å². The average molecular weight is 298 g/mol. The molecule has 0 aliphatic heterocycles. The van der Waals surface area contributed by atoms with Crippen LogP contribution < -0.4 is 5.32 Å². The second-order valence-electron chi connectivity index (χ2n) is 3.30. The fourth-order valence-electron chi connectivity index (χ4n) is 1.26. The number of thiophene rings is 1. The Bertz CT molecular complexity index is 470. The molecule has 2 aromatic rings. The summed E-state index contributed by atoms with van der Waals surface area (Å²) in [5.74, 6) is 1.66. The first-order valence-corrected chi connectivity index (χ1v) is 6.73. The summed E-state index contributed by atoms with van der Waals surface area (Å²) < 4.78 is 1.10. The molecule has 84 valence electrons. The van der Waals surface area contributed by atoms with Crippen LogP contribution in [0.15, 0.2) is 28.2 Å². The minimum atomic E-state index is 0.775. The van der Waals surface area contributed by atoms with Crippen molar-refractivity contribution in [3.05, 3.63) is 28.2 Å². The molecule has 0 spiro atoms. The Morgan fingerprint density at radius 3 is 2.94 bits per heavy atom. The Hall–Kier alpha value is -0.940. The molecule has 1 N–H and O–H groups in total. The van der Waals surface area contributed by atoms with Gasteiger partial charge in [0.25, 0.3) is 0 Å². The lowest BCUT2D eigenvalue weighted by molar-refractivity contribution is 0.966. The molecule has 0 saturated carbocycles. The van der Waals surface area contributed by atoms with E-state index in [4.69, 9.17) is 0 Å². The summed E-state index contributed by atoms with van der Waals surface area (Å²) in [5, 5.41) is 3.25. The molecule has 3 nitrogen and oxygen atoms in total. The van der Waals surface area contributed by atoms with Crippen LogP contribution in [0.5, 0.6) is 0 Å². The van der Waals surface area contributed by atoms with Crippen LogP contribution in [0.3, 0.4) is 0 Å². The highest BCUT2D eigenvalue weighted by molar-refractivity contribution is 9.11. The normalized spacial score (nSPS) is 10.4. The summed E-state index contributed by atoms with van der Waals surface area (Å²) in [6.07, 6.45) is 2.87. The Morgan fingerprint density at radius 2 is 2.25 bits per heavy atom. The lowest BCUT2D eigenvalue weighted by Crippen LogP contribution is -2.02. The molecule has 0 bridgehead atoms. The molecule has 0 radical (unpaired) electrons. The van der Waals surface area contributed by atoms with Crippen LogP contribution in [0, 0.1) is 0 Å². The number of aromatic nitrogens is 2. The van der Waals surface area contributed by atoms with E-state index in [2.05, 4.69) is 38.1 Å². The molecule has 2 rings (SSSR count). The van der Waals surface area contributed by atoms with Gasteiger partial charge in [0.1, 0.15) is 5.82 Å². The van der Waals surface area contributed by atoms with Crippen LogP contribution in [0.25, 0.3) is 10.7 Å². The van der Waals surface area contributed by atoms with Crippen molar-refractivity contribution in [1.29, 1.82) is 0 Å². The quantitative estimate of drug-likeness (QED) is 0.933. The van der Waals surface area contributed by atoms with Crippen molar-refractivity contribution in [2.24, 2.45) is 0 Å². The standard InChI is InChI=1S/C11H12BrN3S/c1-2-6-13-10-5-7-14-11(15-10)8-3-4-9(12)16-8/h3-5,7H,2,6H2,1H3,(H,13,14,15). The van der Waals surface area contributed by atoms with Gasteiger partial charge in [0.2, 0.25) is 0 Å². The van der Waals surface area contributed by atoms with E-state index < -0.39 is 0 Å². The molecule has 16 heavy (non-hydrogen) atoms. The van der Waals surface area contributed by atoms with E-state index in [9.17, 15) is 0 Å². The monoisotopic (exact) mass is 297 g/mol. The molecular formula is C11H12BrN3S. The van der Waals surface area contributed by atoms with Gasteiger partial charge in [-0.1, -0.05) is 6.92 Å². The predicted octanol–water partition coefficient (Wildman–Crippen LogP) is 3.79. The van der Waals surface area contributed by atoms with Crippen LogP contribution in [0.4, 0.5) is 5.82 Å². The third kappa shape index (κ3) is 2.80. The second kappa shape index (κ2) is 5.41. The zero-order valence-corrected chi connectivity index (χ0v) is 11.3. The highest BCUT2D eigenvalue weighted by Crippen LogP contribution is 2.29. The van der Waals surface area contributed by atoms with E-state index >= 15 is 0 Å². The summed E-state index contributed by atoms with van der Waals surface area (Å²) in [5.41, 5.74) is 0. The van der Waals surface area contributed by atoms with Gasteiger partial charge in [0.05, 0.1) is 8.66 Å². The molecule has 2 aromatic heterocycles. The summed E-state index contributed by atoms with van der Waals surface area (Å²) in [7, 11) is 0. The molecule has 0 aliphatic rings. The number of nitrogens with one attached hydrogen (secondary N) is 1. The molecule has 0 saturated heterocycles. The lowest BCUT2D eigenvalue weighted by atomic mass is 10.4. The van der Waals surface area contributed by atoms with E-state index in [1.165, 1.54) is 0 Å². The van der Waals surface area contributed by atoms with E-state index in [0.717, 1.165) is 33.3 Å². The smallest absolute Gasteiger partial charge is 0.171 e. The van der Waals surface area contributed by atoms with E-state index in [-0.39, 0.29) is 0 Å². The fourth-order valence-corrected chi connectivity index (χ4v) is 2.59. The molecule has 5 heteroatoms. The second-order valence-corrected chi connectivity index (χ2v) is 5.76. The van der Waals surface area contributed by atoms with E-state index in [1.807, 2.05) is 18.2 Å². The Labute approximate surface area is 107 Å². The molecule has 0 atom stereocenters. The zero-order valence-electron chi connectivity index (χ0n) is 8.90. The largest absolute Gasteiger partial charge is 0.370 e. The molecule has 0 aliphatic carbocycles. The van der Waals surface area contributed by atoms with Crippen molar-refractivity contribution in [3.8, 4) is 10.7 Å². The number of nitrogens with zero attached hydrogens (tertiary/aromatic N) is 2. The van der Waals surface area contributed by atoms with Gasteiger partial charge in [-0.15, -0.1) is 11.3 Å². The van der Waals surface area contributed by atoms with Crippen LogP contribution in [0.1, 0.15) is 13.3 Å².